The third-order valence-corrected chi connectivity index (χ3v) is 27.0. The van der Waals surface area contributed by atoms with E-state index >= 15 is 28.8 Å². The molecule has 8 amide bonds. The van der Waals surface area contributed by atoms with Crippen LogP contribution < -0.4 is 71.9 Å². The van der Waals surface area contributed by atoms with Crippen LogP contribution in [0.15, 0.2) is 134 Å². The number of amides is 8. The lowest BCUT2D eigenvalue weighted by atomic mass is 9.54. The van der Waals surface area contributed by atoms with Crippen LogP contribution in [0.5, 0.6) is 23.0 Å². The average molecular weight is 1760 g/mol. The third kappa shape index (κ3) is 19.1. The lowest BCUT2D eigenvalue weighted by Gasteiger charge is -2.54. The van der Waals surface area contributed by atoms with Crippen molar-refractivity contribution in [3.8, 4) is 23.0 Å². The summed E-state index contributed by atoms with van der Waals surface area (Å²) in [6.45, 7) is 7.50. The molecule has 3 saturated heterocycles. The van der Waals surface area contributed by atoms with Gasteiger partial charge in [-0.25, -0.2) is 0 Å². The monoisotopic (exact) mass is 1750 g/mol. The molecule has 0 spiro atoms. The Labute approximate surface area is 718 Å². The Hall–Kier alpha value is -8.63. The molecule has 15 aliphatic rings. The number of likely N-dealkylation sites (N-methyl/N-ethyl adjacent to an activating group) is 1. The van der Waals surface area contributed by atoms with Gasteiger partial charge in [0.1, 0.15) is 89.8 Å². The van der Waals surface area contributed by atoms with E-state index < -0.39 is 247 Å². The third-order valence-electron chi connectivity index (χ3n) is 25.5. The van der Waals surface area contributed by atoms with Crippen LogP contribution in [-0.2, 0) is 52.6 Å². The van der Waals surface area contributed by atoms with Gasteiger partial charge in [-0.05, 0) is 215 Å². The molecule has 8 aliphatic carbocycles. The molecule has 7 heterocycles. The summed E-state index contributed by atoms with van der Waals surface area (Å²) in [6.07, 6.45) is -8.90. The van der Waals surface area contributed by atoms with Gasteiger partial charge in [-0.3, -0.25) is 43.1 Å². The smallest absolute Gasteiger partial charge is 0.248 e. The Morgan fingerprint density at radius 2 is 1.45 bits per heavy atom. The van der Waals surface area contributed by atoms with Crippen molar-refractivity contribution in [2.75, 3.05) is 20.8 Å². The Morgan fingerprint density at radius 1 is 0.770 bits per heavy atom. The van der Waals surface area contributed by atoms with E-state index in [1.54, 1.807) is 38.1 Å². The quantitative estimate of drug-likeness (QED) is 0.0753. The van der Waals surface area contributed by atoms with Gasteiger partial charge >= 0.3 is 0 Å². The number of carbonyl (C=O) groups excluding carboxylic acids is 8. The standard InChI is InChI=1S/C85H108Cl2N10O24S/c1-34(2)18-53(89-6)78(109)95-69-71(104)47-31-51(87)57(19-35(47)3)118-59-28-43-27-58(74(59)121-84-75(73(106)72(105)60(33-98)119-84)120-62-32-85(5,88)76(107)36(4)116-62)117-56-16-9-40(26-50(56)86)70(103)68-83(114)94-67(81(112)91-64-41-21-37-20-38(23-41)24-42(64)22-37)49-29-44(99)30-55(101)63(49)48-25-39(8-15-54(48)100)65(79(110)96-68)93-80(111)66(43)92-77(108)52(90-82(69)113)14-17-61(102)97-122-46-12-10-45(115-7)11-13-46/h8-13,15-16,27-29,31,34-38,41-42,44,48,50,52-53,60,62,64-73,75-76,84,89,98-101,103-107H,14,17-26,30,32-33,88H2,1-7H3,(H,90,113)(H,91,112)(H,92,108)(H,93,111)(H,94,114)(H,95,109)(H,96,110)(H,97,102)/t35?,36-,37?,38?,41?,42?,44-,48?,50-,52-,53-,60+,62-,64?,65-,66+,67-,68+,69+,70-,71+,72-,73-,75-,76+,84-,85-/m0/s1. The van der Waals surface area contributed by atoms with Gasteiger partial charge < -0.3 is 127 Å². The van der Waals surface area contributed by atoms with E-state index in [4.69, 9.17) is 62.1 Å². The first-order valence-electron chi connectivity index (χ1n) is 41.5. The topological polar surface area (TPSA) is 518 Å². The maximum Gasteiger partial charge on any atom is 0.248 e. The second-order valence-corrected chi connectivity index (χ2v) is 36.6. The van der Waals surface area contributed by atoms with Gasteiger partial charge in [-0.15, -0.1) is 11.6 Å². The first-order chi connectivity index (χ1) is 58.0. The summed E-state index contributed by atoms with van der Waals surface area (Å²) in [7, 11) is 3.01. The Bertz CT molecular complexity index is 4640. The number of carbonyl (C=O) groups is 8. The zero-order valence-electron chi connectivity index (χ0n) is 68.3. The first kappa shape index (κ1) is 89.6. The van der Waals surface area contributed by atoms with Crippen LogP contribution in [0.25, 0.3) is 0 Å². The highest BCUT2D eigenvalue weighted by molar-refractivity contribution is 7.98. The Morgan fingerprint density at radius 3 is 2.11 bits per heavy atom. The molecule has 17 rings (SSSR count). The summed E-state index contributed by atoms with van der Waals surface area (Å²) < 4.78 is 47.7. The number of rotatable bonds is 18. The van der Waals surface area contributed by atoms with Gasteiger partial charge in [-0.2, -0.15) is 0 Å². The second-order valence-electron chi connectivity index (χ2n) is 34.8. The number of methoxy groups -OCH3 is 1. The van der Waals surface area contributed by atoms with Crippen LogP contribution >= 0.6 is 35.1 Å². The Balaban J connectivity index is 0.948. The summed E-state index contributed by atoms with van der Waals surface area (Å²) >= 11 is 15.7. The normalized spacial score (nSPS) is 36.2. The van der Waals surface area contributed by atoms with Crippen molar-refractivity contribution in [3.63, 3.8) is 0 Å². The molecule has 34 nitrogen and oxygen atoms in total. The molecule has 4 saturated carbocycles. The van der Waals surface area contributed by atoms with Crippen molar-refractivity contribution in [2.45, 2.75) is 250 Å². The lowest BCUT2D eigenvalue weighted by molar-refractivity contribution is -0.333. The molecule has 0 aromatic heterocycles. The van der Waals surface area contributed by atoms with E-state index in [9.17, 15) is 55.5 Å². The number of ether oxygens (including phenoxy) is 7. The van der Waals surface area contributed by atoms with Crippen LogP contribution in [0, 0.1) is 41.4 Å². The highest BCUT2D eigenvalue weighted by Crippen LogP contribution is 2.55. The predicted molar refractivity (Wildman–Crippen MR) is 439 cm³/mol. The fraction of sp³-hybridized carbons (Fsp3) is 0.576. The number of nitrogens with two attached hydrogens (primary N) is 1. The molecular formula is C85H108Cl2N10O24S. The molecule has 15 bridgehead atoms. The van der Waals surface area contributed by atoms with Crippen LogP contribution in [0.4, 0.5) is 0 Å². The minimum atomic E-state index is -2.25. The van der Waals surface area contributed by atoms with Gasteiger partial charge in [0.25, 0.3) is 0 Å². The van der Waals surface area contributed by atoms with E-state index in [0.717, 1.165) is 44.1 Å². The molecule has 7 fully saturated rings. The molecule has 37 heteroatoms. The number of benzene rings is 2. The van der Waals surface area contributed by atoms with Crippen LogP contribution in [-0.4, -0.2) is 235 Å². The van der Waals surface area contributed by atoms with Crippen molar-refractivity contribution in [3.05, 3.63) is 134 Å². The molecule has 2 aromatic rings. The maximum absolute atomic E-state index is 16.7. The molecule has 20 N–H and O–H groups in total. The van der Waals surface area contributed by atoms with Gasteiger partial charge in [0, 0.05) is 53.7 Å². The molecule has 22 atom stereocenters. The highest BCUT2D eigenvalue weighted by atomic mass is 35.5. The summed E-state index contributed by atoms with van der Waals surface area (Å²) in [6, 6.07) is -4.42. The maximum atomic E-state index is 16.7. The summed E-state index contributed by atoms with van der Waals surface area (Å²) in [5.41, 5.74) is 4.61. The van der Waals surface area contributed by atoms with Crippen molar-refractivity contribution in [1.29, 1.82) is 0 Å². The van der Waals surface area contributed by atoms with Crippen LogP contribution in [0.3, 0.4) is 0 Å². The predicted octanol–water partition coefficient (Wildman–Crippen LogP) is 2.52. The molecule has 2 aromatic carbocycles. The molecule has 662 valence electrons. The average Bonchev–Trinajstić information content (AvgIpc) is 0.773. The van der Waals surface area contributed by atoms with Crippen molar-refractivity contribution in [2.24, 2.45) is 47.2 Å². The van der Waals surface area contributed by atoms with E-state index in [1.165, 1.54) is 69.7 Å². The fourth-order valence-corrected chi connectivity index (χ4v) is 20.4. The lowest BCUT2D eigenvalue weighted by Crippen LogP contribution is -2.64. The fourth-order valence-electron chi connectivity index (χ4n) is 19.3. The van der Waals surface area contributed by atoms with Crippen molar-refractivity contribution < 1.29 is 117 Å². The number of aliphatic hydroxyl groups is 9. The number of hydrogen-bond acceptors (Lipinski definition) is 27. The number of hydrogen-bond donors (Lipinski definition) is 19. The van der Waals surface area contributed by atoms with Gasteiger partial charge in [0.2, 0.25) is 59.3 Å². The number of fused-ring (bicyclic) bond motifs is 15. The van der Waals surface area contributed by atoms with E-state index in [1.807, 2.05) is 13.8 Å². The number of alkyl halides is 1. The van der Waals surface area contributed by atoms with Gasteiger partial charge in [0.15, 0.2) is 23.9 Å². The van der Waals surface area contributed by atoms with Crippen LogP contribution in [0.1, 0.15) is 130 Å². The van der Waals surface area contributed by atoms with E-state index in [2.05, 4.69) is 47.3 Å². The summed E-state index contributed by atoms with van der Waals surface area (Å²) in [4.78, 5) is 125. The molecule has 7 aliphatic heterocycles. The summed E-state index contributed by atoms with van der Waals surface area (Å²) in [5, 5.41) is 129. The molecule has 0 radical (unpaired) electrons. The van der Waals surface area contributed by atoms with Gasteiger partial charge in [0.05, 0.1) is 54.2 Å². The summed E-state index contributed by atoms with van der Waals surface area (Å²) in [5.74, 6) is -11.8. The Kier molecular flexibility index (Phi) is 27.4. The highest BCUT2D eigenvalue weighted by Gasteiger charge is 2.54. The first-order valence-corrected chi connectivity index (χ1v) is 43.1. The van der Waals surface area contributed by atoms with E-state index in [-0.39, 0.29) is 93.0 Å². The van der Waals surface area contributed by atoms with E-state index in [0.29, 0.717) is 22.5 Å². The molecule has 122 heavy (non-hydrogen) atoms. The SMILES string of the molecule is CN[C@@H](CC(C)C)C(=O)N[C@H]1C(=O)N[C@@H](CCC(=O)NSc2ccc(OC)cc2)C(=O)N[C@H]2C(=O)N[C@@H]3C(=O)N[C@@H](C(=O)N[C@H](C(=O)NC4C5CC6CC(C5)CC4C6)C4=C[C@H](O)CC(O)=C4C4CC3=CC=C4O)[C@@H](O)C3=CC=C(Oc4cc2cc(c4O[C@@H]2O[C@H](CO)[C@H](O)[C@H](O)[C@@H]2O[C@H]2C[C@](C)(N)[C@H](O)[C@H](C)O2)OC2=C(Cl)C=C(C(C)C2)[C@H]1O)[C@@H](Cl)C3. The molecule has 2 unspecified atom stereocenters. The number of halogens is 2. The zero-order valence-corrected chi connectivity index (χ0v) is 70.6. The second kappa shape index (κ2) is 37.3. The minimum Gasteiger partial charge on any atom is -0.512 e. The minimum absolute atomic E-state index is 0.0196. The van der Waals surface area contributed by atoms with Gasteiger partial charge in [-0.1, -0.05) is 44.5 Å². The number of aliphatic hydroxyl groups excluding tert-OH is 9. The van der Waals surface area contributed by atoms with Crippen molar-refractivity contribution >= 4 is 82.4 Å². The number of nitrogens with one attached hydrogen (secondary N) is 9. The molecular weight excluding hydrogens is 1650 g/mol. The van der Waals surface area contributed by atoms with Crippen LogP contribution in [0.2, 0.25) is 0 Å². The zero-order chi connectivity index (χ0) is 87.4. The largest absolute Gasteiger partial charge is 0.512 e. The van der Waals surface area contributed by atoms with Crippen molar-refractivity contribution in [1.82, 2.24) is 47.3 Å². The number of allylic oxidation sites excluding steroid dienone is 9.